The number of fused-ring (bicyclic) bond motifs is 1. The zero-order valence-electron chi connectivity index (χ0n) is 20.2. The van der Waals surface area contributed by atoms with Crippen LogP contribution in [0.4, 0.5) is 0 Å². The van der Waals surface area contributed by atoms with Gasteiger partial charge < -0.3 is 23.7 Å². The Morgan fingerprint density at radius 1 is 0.794 bits per heavy atom. The monoisotopic (exact) mass is 483 g/mol. The lowest BCUT2D eigenvalue weighted by molar-refractivity contribution is 0.200. The molecular formula is C27H30ClNO5. The number of nitrogens with zero attached hydrogens (tertiary/aromatic N) is 1. The number of hydrogen-bond acceptors (Lipinski definition) is 6. The molecule has 4 rings (SSSR count). The molecule has 0 fully saturated rings. The van der Waals surface area contributed by atoms with E-state index in [1.165, 1.54) is 11.1 Å². The minimum atomic E-state index is -0.0277. The van der Waals surface area contributed by atoms with Gasteiger partial charge in [0.2, 0.25) is 5.75 Å². The number of hydrogen-bond donors (Lipinski definition) is 0. The van der Waals surface area contributed by atoms with Crippen molar-refractivity contribution in [2.75, 3.05) is 42.1 Å². The van der Waals surface area contributed by atoms with Crippen LogP contribution in [0.15, 0.2) is 48.5 Å². The van der Waals surface area contributed by atoms with E-state index in [0.717, 1.165) is 29.8 Å². The maximum absolute atomic E-state index is 6.41. The van der Waals surface area contributed by atoms with Crippen molar-refractivity contribution in [1.82, 2.24) is 4.90 Å². The first-order chi connectivity index (χ1) is 16.5. The molecule has 7 heteroatoms. The first-order valence-corrected chi connectivity index (χ1v) is 11.4. The van der Waals surface area contributed by atoms with Gasteiger partial charge in [-0.05, 0) is 53.4 Å². The first kappa shape index (κ1) is 24.0. The summed E-state index contributed by atoms with van der Waals surface area (Å²) in [4.78, 5) is 2.42. The largest absolute Gasteiger partial charge is 0.493 e. The van der Waals surface area contributed by atoms with E-state index in [-0.39, 0.29) is 6.04 Å². The Morgan fingerprint density at radius 2 is 1.50 bits per heavy atom. The number of ether oxygens (including phenoxy) is 5. The van der Waals surface area contributed by atoms with Gasteiger partial charge >= 0.3 is 0 Å². The SMILES string of the molecule is COc1cc2c(cc1OC)C(c1cccc(Cl)c1)N(Cc1ccc(OC)c(OC)c1OC)CC2. The molecule has 0 amide bonds. The van der Waals surface area contributed by atoms with Gasteiger partial charge in [-0.1, -0.05) is 29.8 Å². The van der Waals surface area contributed by atoms with Gasteiger partial charge in [-0.2, -0.15) is 0 Å². The van der Waals surface area contributed by atoms with Gasteiger partial charge in [0.25, 0.3) is 0 Å². The van der Waals surface area contributed by atoms with Crippen LogP contribution in [0.2, 0.25) is 5.02 Å². The lowest BCUT2D eigenvalue weighted by Crippen LogP contribution is -2.36. The number of methoxy groups -OCH3 is 5. The molecule has 0 N–H and O–H groups in total. The van der Waals surface area contributed by atoms with Crippen molar-refractivity contribution in [1.29, 1.82) is 0 Å². The standard InChI is InChI=1S/C27H30ClNO5/c1-30-22-10-9-19(26(33-4)27(22)34-5)16-29-12-11-17-14-23(31-2)24(32-3)15-21(17)25(29)18-7-6-8-20(28)13-18/h6-10,13-15,25H,11-12,16H2,1-5H3. The highest BCUT2D eigenvalue weighted by Gasteiger charge is 2.31. The fraction of sp³-hybridized carbons (Fsp3) is 0.333. The summed E-state index contributed by atoms with van der Waals surface area (Å²) in [7, 11) is 8.22. The number of benzene rings is 3. The molecule has 1 atom stereocenters. The van der Waals surface area contributed by atoms with Crippen LogP contribution in [0, 0.1) is 0 Å². The molecule has 0 radical (unpaired) electrons. The first-order valence-electron chi connectivity index (χ1n) is 11.1. The minimum Gasteiger partial charge on any atom is -0.493 e. The second kappa shape index (κ2) is 10.5. The molecule has 1 aliphatic rings. The van der Waals surface area contributed by atoms with Crippen molar-refractivity contribution in [2.24, 2.45) is 0 Å². The zero-order chi connectivity index (χ0) is 24.2. The van der Waals surface area contributed by atoms with Crippen LogP contribution in [0.1, 0.15) is 28.3 Å². The van der Waals surface area contributed by atoms with Crippen molar-refractivity contribution in [3.05, 3.63) is 75.8 Å². The Labute approximate surface area is 205 Å². The summed E-state index contributed by atoms with van der Waals surface area (Å²) in [5, 5.41) is 0.703. The second-order valence-electron chi connectivity index (χ2n) is 8.08. The third-order valence-electron chi connectivity index (χ3n) is 6.30. The summed E-state index contributed by atoms with van der Waals surface area (Å²) in [5.74, 6) is 3.34. The molecule has 0 bridgehead atoms. The van der Waals surface area contributed by atoms with E-state index in [0.29, 0.717) is 34.6 Å². The smallest absolute Gasteiger partial charge is 0.203 e. The highest BCUT2D eigenvalue weighted by Crippen LogP contribution is 2.44. The highest BCUT2D eigenvalue weighted by atomic mass is 35.5. The fourth-order valence-corrected chi connectivity index (χ4v) is 4.94. The van der Waals surface area contributed by atoms with Gasteiger partial charge in [-0.3, -0.25) is 4.90 Å². The fourth-order valence-electron chi connectivity index (χ4n) is 4.74. The third-order valence-corrected chi connectivity index (χ3v) is 6.53. The van der Waals surface area contributed by atoms with Gasteiger partial charge in [0.05, 0.1) is 41.6 Å². The average Bonchev–Trinajstić information content (AvgIpc) is 2.87. The molecule has 34 heavy (non-hydrogen) atoms. The normalized spacial score (nSPS) is 15.4. The van der Waals surface area contributed by atoms with Crippen LogP contribution in [-0.2, 0) is 13.0 Å². The Kier molecular flexibility index (Phi) is 7.39. The molecule has 0 saturated heterocycles. The Balaban J connectivity index is 1.82. The summed E-state index contributed by atoms with van der Waals surface area (Å²) in [5.41, 5.74) is 4.53. The average molecular weight is 484 g/mol. The predicted octanol–water partition coefficient (Wildman–Crippen LogP) is 5.53. The third kappa shape index (κ3) is 4.48. The van der Waals surface area contributed by atoms with Crippen molar-refractivity contribution in [2.45, 2.75) is 19.0 Å². The predicted molar refractivity (Wildman–Crippen MR) is 133 cm³/mol. The summed E-state index contributed by atoms with van der Waals surface area (Å²) < 4.78 is 28.0. The van der Waals surface area contributed by atoms with Gasteiger partial charge in [0, 0.05) is 23.7 Å². The molecule has 6 nitrogen and oxygen atoms in total. The maximum atomic E-state index is 6.41. The Morgan fingerprint density at radius 3 is 2.15 bits per heavy atom. The van der Waals surface area contributed by atoms with E-state index >= 15 is 0 Å². The van der Waals surface area contributed by atoms with Crippen molar-refractivity contribution in [3.63, 3.8) is 0 Å². The molecule has 1 heterocycles. The number of halogens is 1. The zero-order valence-corrected chi connectivity index (χ0v) is 20.9. The van der Waals surface area contributed by atoms with Gasteiger partial charge in [-0.25, -0.2) is 0 Å². The molecule has 1 unspecified atom stereocenters. The van der Waals surface area contributed by atoms with Crippen LogP contribution < -0.4 is 23.7 Å². The summed E-state index contributed by atoms with van der Waals surface area (Å²) in [6.45, 7) is 1.49. The lowest BCUT2D eigenvalue weighted by atomic mass is 9.87. The summed E-state index contributed by atoms with van der Waals surface area (Å²) in [6, 6.07) is 16.1. The van der Waals surface area contributed by atoms with Crippen LogP contribution >= 0.6 is 11.6 Å². The van der Waals surface area contributed by atoms with Crippen molar-refractivity contribution in [3.8, 4) is 28.7 Å². The quantitative estimate of drug-likeness (QED) is 0.420. The van der Waals surface area contributed by atoms with Crippen molar-refractivity contribution >= 4 is 11.6 Å². The van der Waals surface area contributed by atoms with Crippen molar-refractivity contribution < 1.29 is 23.7 Å². The van der Waals surface area contributed by atoms with E-state index in [4.69, 9.17) is 35.3 Å². The molecule has 0 aliphatic carbocycles. The molecule has 0 aromatic heterocycles. The van der Waals surface area contributed by atoms with E-state index in [1.54, 1.807) is 35.5 Å². The van der Waals surface area contributed by atoms with Crippen LogP contribution in [0.25, 0.3) is 0 Å². The molecular weight excluding hydrogens is 454 g/mol. The molecule has 3 aromatic rings. The molecule has 180 valence electrons. The van der Waals surface area contributed by atoms with E-state index in [2.05, 4.69) is 23.1 Å². The second-order valence-corrected chi connectivity index (χ2v) is 8.51. The van der Waals surface area contributed by atoms with E-state index in [1.807, 2.05) is 30.3 Å². The van der Waals surface area contributed by atoms with Crippen LogP contribution in [0.5, 0.6) is 28.7 Å². The summed E-state index contributed by atoms with van der Waals surface area (Å²) >= 11 is 6.41. The number of rotatable bonds is 8. The molecule has 1 aliphatic heterocycles. The lowest BCUT2D eigenvalue weighted by Gasteiger charge is -2.38. The summed E-state index contributed by atoms with van der Waals surface area (Å²) in [6.07, 6.45) is 0.877. The molecule has 0 saturated carbocycles. The van der Waals surface area contributed by atoms with E-state index in [9.17, 15) is 0 Å². The topological polar surface area (TPSA) is 49.4 Å². The van der Waals surface area contributed by atoms with Gasteiger partial charge in [0.15, 0.2) is 23.0 Å². The highest BCUT2D eigenvalue weighted by molar-refractivity contribution is 6.30. The van der Waals surface area contributed by atoms with E-state index < -0.39 is 0 Å². The molecule has 3 aromatic carbocycles. The van der Waals surface area contributed by atoms with Crippen LogP contribution in [-0.4, -0.2) is 47.0 Å². The van der Waals surface area contributed by atoms with Crippen LogP contribution in [0.3, 0.4) is 0 Å². The molecule has 0 spiro atoms. The minimum absolute atomic E-state index is 0.0277. The van der Waals surface area contributed by atoms with Gasteiger partial charge in [-0.15, -0.1) is 0 Å². The maximum Gasteiger partial charge on any atom is 0.203 e. The Bertz CT molecular complexity index is 1170. The van der Waals surface area contributed by atoms with Gasteiger partial charge in [0.1, 0.15) is 0 Å². The Hall–Kier alpha value is -3.09.